The first-order chi connectivity index (χ1) is 12.8. The van der Waals surface area contributed by atoms with Gasteiger partial charge < -0.3 is 4.90 Å². The second-order valence-electron chi connectivity index (χ2n) is 8.89. The van der Waals surface area contributed by atoms with E-state index in [1.54, 1.807) is 0 Å². The summed E-state index contributed by atoms with van der Waals surface area (Å²) < 4.78 is 0. The van der Waals surface area contributed by atoms with Crippen LogP contribution in [0.1, 0.15) is 37.7 Å². The monoisotopic (exact) mass is 363 g/mol. The summed E-state index contributed by atoms with van der Waals surface area (Å²) in [6, 6.07) is 14.6. The maximum atomic E-state index is 13.5. The minimum atomic E-state index is -0.0947. The van der Waals surface area contributed by atoms with Crippen LogP contribution in [-0.2, 0) is 16.8 Å². The van der Waals surface area contributed by atoms with Gasteiger partial charge in [-0.05, 0) is 30.5 Å². The van der Waals surface area contributed by atoms with E-state index in [-0.39, 0.29) is 17.2 Å². The van der Waals surface area contributed by atoms with Crippen molar-refractivity contribution in [2.75, 3.05) is 24.5 Å². The molecule has 0 saturated carbocycles. The number of hydrogen-bond acceptors (Lipinski definition) is 3. The molecular weight excluding hydrogens is 334 g/mol. The molecule has 1 fully saturated rings. The summed E-state index contributed by atoms with van der Waals surface area (Å²) in [6.45, 7) is 12.0. The average Bonchev–Trinajstić information content (AvgIpc) is 3.12. The van der Waals surface area contributed by atoms with Crippen molar-refractivity contribution in [1.29, 1.82) is 0 Å². The highest BCUT2D eigenvalue weighted by atomic mass is 16.2. The Labute approximate surface area is 162 Å². The number of aryl methyl sites for hydroxylation is 1. The van der Waals surface area contributed by atoms with Gasteiger partial charge >= 0.3 is 0 Å². The first-order valence-corrected chi connectivity index (χ1v) is 9.91. The number of fused-ring (bicyclic) bond motifs is 1. The molecule has 0 bridgehead atoms. The molecule has 2 atom stereocenters. The zero-order valence-corrected chi connectivity index (χ0v) is 16.8. The molecule has 4 nitrogen and oxygen atoms in total. The maximum Gasteiger partial charge on any atom is 0.231 e. The van der Waals surface area contributed by atoms with Crippen LogP contribution in [0.4, 0.5) is 5.69 Å². The number of benzene rings is 1. The number of rotatable bonds is 3. The lowest BCUT2D eigenvalue weighted by atomic mass is 9.91. The second kappa shape index (κ2) is 6.75. The molecular formula is C23H29N3O. The van der Waals surface area contributed by atoms with Crippen molar-refractivity contribution in [1.82, 2.24) is 9.88 Å². The molecule has 4 rings (SSSR count). The molecule has 27 heavy (non-hydrogen) atoms. The lowest BCUT2D eigenvalue weighted by Crippen LogP contribution is -2.40. The van der Waals surface area contributed by atoms with Crippen LogP contribution in [0.25, 0.3) is 0 Å². The summed E-state index contributed by atoms with van der Waals surface area (Å²) in [4.78, 5) is 22.6. The number of pyridine rings is 1. The van der Waals surface area contributed by atoms with Gasteiger partial charge in [-0.25, -0.2) is 0 Å². The predicted octanol–water partition coefficient (Wildman–Crippen LogP) is 3.78. The van der Waals surface area contributed by atoms with Gasteiger partial charge in [0.1, 0.15) is 0 Å². The van der Waals surface area contributed by atoms with Crippen LogP contribution in [0.15, 0.2) is 42.5 Å². The standard InChI is InChI=1S/C23H29N3O/c1-16-12-25(13-18-8-6-5-7-9-18)14-19(16)22(27)26-15-23(3,4)21-20(26)11-10-17(2)24-21/h5-11,16,19H,12-15H2,1-4H3/t16-,19-/m1/s1. The van der Waals surface area contributed by atoms with Gasteiger partial charge in [-0.1, -0.05) is 51.1 Å². The Hall–Kier alpha value is -2.20. The van der Waals surface area contributed by atoms with E-state index in [4.69, 9.17) is 4.98 Å². The van der Waals surface area contributed by atoms with Crippen molar-refractivity contribution in [2.45, 2.75) is 39.7 Å². The number of carbonyl (C=O) groups excluding carboxylic acids is 1. The Balaban J connectivity index is 1.52. The molecule has 1 aromatic heterocycles. The molecule has 1 amide bonds. The van der Waals surface area contributed by atoms with E-state index in [0.29, 0.717) is 5.92 Å². The lowest BCUT2D eigenvalue weighted by molar-refractivity contribution is -0.123. The highest BCUT2D eigenvalue weighted by Gasteiger charge is 2.44. The fraction of sp³-hybridized carbons (Fsp3) is 0.478. The number of amides is 1. The van der Waals surface area contributed by atoms with Crippen LogP contribution in [0.5, 0.6) is 0 Å². The van der Waals surface area contributed by atoms with Crippen molar-refractivity contribution < 1.29 is 4.79 Å². The molecule has 0 aliphatic carbocycles. The molecule has 1 aromatic carbocycles. The van der Waals surface area contributed by atoms with Crippen molar-refractivity contribution in [3.05, 3.63) is 59.4 Å². The quantitative estimate of drug-likeness (QED) is 0.833. The van der Waals surface area contributed by atoms with Crippen LogP contribution < -0.4 is 4.90 Å². The van der Waals surface area contributed by atoms with E-state index < -0.39 is 0 Å². The van der Waals surface area contributed by atoms with Crippen LogP contribution in [-0.4, -0.2) is 35.4 Å². The zero-order valence-electron chi connectivity index (χ0n) is 16.8. The summed E-state index contributed by atoms with van der Waals surface area (Å²) >= 11 is 0. The first kappa shape index (κ1) is 18.2. The number of hydrogen-bond donors (Lipinski definition) is 0. The van der Waals surface area contributed by atoms with Gasteiger partial charge in [-0.2, -0.15) is 0 Å². The Morgan fingerprint density at radius 1 is 1.15 bits per heavy atom. The molecule has 2 aliphatic heterocycles. The van der Waals surface area contributed by atoms with Crippen molar-refractivity contribution in [2.24, 2.45) is 11.8 Å². The van der Waals surface area contributed by atoms with Crippen molar-refractivity contribution in [3.63, 3.8) is 0 Å². The van der Waals surface area contributed by atoms with Gasteiger partial charge in [0.05, 0.1) is 17.3 Å². The topological polar surface area (TPSA) is 36.4 Å². The maximum absolute atomic E-state index is 13.5. The molecule has 0 spiro atoms. The van der Waals surface area contributed by atoms with E-state index in [2.05, 4.69) is 56.0 Å². The first-order valence-electron chi connectivity index (χ1n) is 9.91. The number of nitrogens with zero attached hydrogens (tertiary/aromatic N) is 3. The number of aromatic nitrogens is 1. The molecule has 2 aromatic rings. The summed E-state index contributed by atoms with van der Waals surface area (Å²) in [5.74, 6) is 0.680. The third-order valence-corrected chi connectivity index (χ3v) is 6.02. The van der Waals surface area contributed by atoms with Crippen LogP contribution in [0.3, 0.4) is 0 Å². The summed E-state index contributed by atoms with van der Waals surface area (Å²) in [6.07, 6.45) is 0. The SMILES string of the molecule is Cc1ccc2c(n1)C(C)(C)CN2C(=O)[C@@H]1CN(Cc2ccccc2)C[C@H]1C. The normalized spacial score (nSPS) is 24.2. The predicted molar refractivity (Wildman–Crippen MR) is 109 cm³/mol. The fourth-order valence-corrected chi connectivity index (χ4v) is 4.58. The third-order valence-electron chi connectivity index (χ3n) is 6.02. The molecule has 1 saturated heterocycles. The third kappa shape index (κ3) is 3.39. The Bertz CT molecular complexity index is 846. The molecule has 0 radical (unpaired) electrons. The minimum absolute atomic E-state index is 0.0526. The van der Waals surface area contributed by atoms with Crippen molar-refractivity contribution in [3.8, 4) is 0 Å². The fourth-order valence-electron chi connectivity index (χ4n) is 4.58. The van der Waals surface area contributed by atoms with Gasteiger partial charge in [0.2, 0.25) is 5.91 Å². The zero-order chi connectivity index (χ0) is 19.2. The highest BCUT2D eigenvalue weighted by Crippen LogP contribution is 2.41. The van der Waals surface area contributed by atoms with E-state index in [1.807, 2.05) is 24.0 Å². The molecule has 4 heteroatoms. The number of anilines is 1. The average molecular weight is 364 g/mol. The van der Waals surface area contributed by atoms with Gasteiger partial charge in [-0.3, -0.25) is 14.7 Å². The number of likely N-dealkylation sites (tertiary alicyclic amines) is 1. The van der Waals surface area contributed by atoms with Gasteiger partial charge in [-0.15, -0.1) is 0 Å². The van der Waals surface area contributed by atoms with Crippen LogP contribution >= 0.6 is 0 Å². The van der Waals surface area contributed by atoms with Crippen LogP contribution in [0.2, 0.25) is 0 Å². The van der Waals surface area contributed by atoms with Crippen molar-refractivity contribution >= 4 is 11.6 Å². The summed E-state index contributed by atoms with van der Waals surface area (Å²) in [5, 5.41) is 0. The smallest absolute Gasteiger partial charge is 0.231 e. The van der Waals surface area contributed by atoms with E-state index in [1.165, 1.54) is 5.56 Å². The largest absolute Gasteiger partial charge is 0.309 e. The lowest BCUT2D eigenvalue weighted by Gasteiger charge is -2.25. The van der Waals surface area contributed by atoms with E-state index >= 15 is 0 Å². The molecule has 3 heterocycles. The number of carbonyl (C=O) groups is 1. The Kier molecular flexibility index (Phi) is 4.55. The van der Waals surface area contributed by atoms with Gasteiger partial charge in [0.25, 0.3) is 0 Å². The summed E-state index contributed by atoms with van der Waals surface area (Å²) in [7, 11) is 0. The minimum Gasteiger partial charge on any atom is -0.309 e. The second-order valence-corrected chi connectivity index (χ2v) is 8.89. The Morgan fingerprint density at radius 2 is 1.89 bits per heavy atom. The van der Waals surface area contributed by atoms with Gasteiger partial charge in [0, 0.05) is 37.3 Å². The molecule has 0 N–H and O–H groups in total. The van der Waals surface area contributed by atoms with E-state index in [0.717, 1.165) is 43.3 Å². The van der Waals surface area contributed by atoms with Gasteiger partial charge in [0.15, 0.2) is 0 Å². The summed E-state index contributed by atoms with van der Waals surface area (Å²) in [5.41, 5.74) is 4.29. The molecule has 2 aliphatic rings. The van der Waals surface area contributed by atoms with E-state index in [9.17, 15) is 4.79 Å². The highest BCUT2D eigenvalue weighted by molar-refractivity contribution is 5.98. The van der Waals surface area contributed by atoms with Crippen LogP contribution in [0, 0.1) is 18.8 Å². The molecule has 142 valence electrons. The Morgan fingerprint density at radius 3 is 2.63 bits per heavy atom. The molecule has 0 unspecified atom stereocenters.